The monoisotopic (exact) mass is 209 g/mol. The van der Waals surface area contributed by atoms with E-state index in [0.717, 1.165) is 11.8 Å². The van der Waals surface area contributed by atoms with Crippen LogP contribution in [-0.2, 0) is 4.79 Å². The van der Waals surface area contributed by atoms with Crippen LogP contribution in [-0.4, -0.2) is 11.4 Å². The molecule has 1 unspecified atom stereocenters. The lowest BCUT2D eigenvalue weighted by Crippen LogP contribution is -2.48. The van der Waals surface area contributed by atoms with Crippen molar-refractivity contribution in [3.63, 3.8) is 0 Å². The highest BCUT2D eigenvalue weighted by Crippen LogP contribution is 2.48. The lowest BCUT2D eigenvalue weighted by Gasteiger charge is -2.38. The van der Waals surface area contributed by atoms with Gasteiger partial charge in [0.25, 0.3) is 0 Å². The van der Waals surface area contributed by atoms with Crippen molar-refractivity contribution in [2.45, 2.75) is 64.3 Å². The van der Waals surface area contributed by atoms with E-state index in [-0.39, 0.29) is 11.4 Å². The molecule has 0 spiro atoms. The van der Waals surface area contributed by atoms with Crippen LogP contribution in [0.5, 0.6) is 0 Å². The average molecular weight is 209 g/mol. The summed E-state index contributed by atoms with van der Waals surface area (Å²) in [6, 6.07) is 0. The van der Waals surface area contributed by atoms with E-state index < -0.39 is 0 Å². The van der Waals surface area contributed by atoms with Crippen molar-refractivity contribution < 1.29 is 4.79 Å². The summed E-state index contributed by atoms with van der Waals surface area (Å²) in [4.78, 5) is 11.2. The first kappa shape index (κ1) is 11.0. The van der Waals surface area contributed by atoms with Crippen LogP contribution < -0.4 is 5.32 Å². The molecule has 0 heterocycles. The van der Waals surface area contributed by atoms with E-state index >= 15 is 0 Å². The topological polar surface area (TPSA) is 29.1 Å². The molecule has 2 saturated carbocycles. The van der Waals surface area contributed by atoms with Gasteiger partial charge in [-0.15, -0.1) is 0 Å². The van der Waals surface area contributed by atoms with Crippen LogP contribution in [0.25, 0.3) is 0 Å². The van der Waals surface area contributed by atoms with E-state index in [2.05, 4.69) is 12.2 Å². The van der Waals surface area contributed by atoms with Crippen LogP contribution in [0.15, 0.2) is 0 Å². The molecule has 0 radical (unpaired) electrons. The minimum absolute atomic E-state index is 0.160. The van der Waals surface area contributed by atoms with Gasteiger partial charge < -0.3 is 5.32 Å². The highest BCUT2D eigenvalue weighted by molar-refractivity contribution is 5.73. The number of nitrogens with one attached hydrogen (secondary N) is 1. The van der Waals surface area contributed by atoms with E-state index in [1.54, 1.807) is 6.92 Å². The summed E-state index contributed by atoms with van der Waals surface area (Å²) in [5.41, 5.74) is 0.189. The molecular weight excluding hydrogens is 186 g/mol. The molecule has 2 aliphatic rings. The lowest BCUT2D eigenvalue weighted by atomic mass is 9.74. The Labute approximate surface area is 92.8 Å². The first-order chi connectivity index (χ1) is 7.13. The van der Waals surface area contributed by atoms with Gasteiger partial charge in [-0.2, -0.15) is 0 Å². The SMILES string of the molecule is CCCC1C[C@@H]2CC[C@@](NC(C)=O)(C1)C2. The molecule has 2 bridgehead atoms. The largest absolute Gasteiger partial charge is 0.351 e. The fraction of sp³-hybridized carbons (Fsp3) is 0.923. The molecule has 2 rings (SSSR count). The lowest BCUT2D eigenvalue weighted by molar-refractivity contribution is -0.121. The Kier molecular flexibility index (Phi) is 3.03. The summed E-state index contributed by atoms with van der Waals surface area (Å²) < 4.78 is 0. The zero-order valence-corrected chi connectivity index (χ0v) is 10.0. The number of fused-ring (bicyclic) bond motifs is 2. The Morgan fingerprint density at radius 1 is 1.47 bits per heavy atom. The van der Waals surface area contributed by atoms with E-state index in [4.69, 9.17) is 0 Å². The maximum absolute atomic E-state index is 11.2. The molecule has 2 aliphatic carbocycles. The van der Waals surface area contributed by atoms with Crippen molar-refractivity contribution in [3.05, 3.63) is 0 Å². The van der Waals surface area contributed by atoms with Gasteiger partial charge >= 0.3 is 0 Å². The highest BCUT2D eigenvalue weighted by atomic mass is 16.1. The third-order valence-corrected chi connectivity index (χ3v) is 4.19. The van der Waals surface area contributed by atoms with Crippen LogP contribution in [0.1, 0.15) is 58.8 Å². The summed E-state index contributed by atoms with van der Waals surface area (Å²) >= 11 is 0. The van der Waals surface area contributed by atoms with Crippen LogP contribution in [0.4, 0.5) is 0 Å². The van der Waals surface area contributed by atoms with Crippen LogP contribution in [0, 0.1) is 11.8 Å². The Morgan fingerprint density at radius 2 is 2.27 bits per heavy atom. The number of amides is 1. The Morgan fingerprint density at radius 3 is 2.93 bits per heavy atom. The van der Waals surface area contributed by atoms with Crippen LogP contribution >= 0.6 is 0 Å². The Hall–Kier alpha value is -0.530. The second-order valence-corrected chi connectivity index (χ2v) is 5.66. The maximum atomic E-state index is 11.2. The second-order valence-electron chi connectivity index (χ2n) is 5.66. The Balaban J connectivity index is 2.02. The molecule has 0 aromatic rings. The molecule has 3 atom stereocenters. The Bertz CT molecular complexity index is 251. The second kappa shape index (κ2) is 4.15. The minimum Gasteiger partial charge on any atom is -0.351 e. The molecular formula is C13H23NO. The smallest absolute Gasteiger partial charge is 0.217 e. The zero-order chi connectivity index (χ0) is 10.9. The predicted molar refractivity (Wildman–Crippen MR) is 61.5 cm³/mol. The maximum Gasteiger partial charge on any atom is 0.217 e. The normalized spacial score (nSPS) is 39.1. The number of hydrogen-bond acceptors (Lipinski definition) is 1. The molecule has 2 heteroatoms. The van der Waals surface area contributed by atoms with Crippen molar-refractivity contribution in [2.75, 3.05) is 0 Å². The summed E-state index contributed by atoms with van der Waals surface area (Å²) in [5, 5.41) is 3.24. The quantitative estimate of drug-likeness (QED) is 0.761. The summed E-state index contributed by atoms with van der Waals surface area (Å²) in [6.07, 6.45) is 9.07. The molecule has 0 aromatic carbocycles. The average Bonchev–Trinajstić information content (AvgIpc) is 2.41. The molecule has 0 saturated heterocycles. The van der Waals surface area contributed by atoms with Crippen molar-refractivity contribution in [1.82, 2.24) is 5.32 Å². The highest BCUT2D eigenvalue weighted by Gasteiger charge is 2.45. The molecule has 0 aliphatic heterocycles. The van der Waals surface area contributed by atoms with Gasteiger partial charge in [0.1, 0.15) is 0 Å². The number of carbonyl (C=O) groups is 1. The van der Waals surface area contributed by atoms with Gasteiger partial charge in [0.15, 0.2) is 0 Å². The molecule has 2 nitrogen and oxygen atoms in total. The fourth-order valence-corrected chi connectivity index (χ4v) is 3.90. The molecule has 1 N–H and O–H groups in total. The summed E-state index contributed by atoms with van der Waals surface area (Å²) in [6.45, 7) is 3.92. The van der Waals surface area contributed by atoms with Crippen LogP contribution in [0.3, 0.4) is 0 Å². The van der Waals surface area contributed by atoms with Gasteiger partial charge in [0.05, 0.1) is 0 Å². The van der Waals surface area contributed by atoms with Gasteiger partial charge in [0, 0.05) is 12.5 Å². The van der Waals surface area contributed by atoms with Gasteiger partial charge in [0.2, 0.25) is 5.91 Å². The molecule has 2 fully saturated rings. The third kappa shape index (κ3) is 2.35. The predicted octanol–water partition coefficient (Wildman–Crippen LogP) is 2.87. The van der Waals surface area contributed by atoms with Gasteiger partial charge in [-0.05, 0) is 43.9 Å². The molecule has 15 heavy (non-hydrogen) atoms. The molecule has 86 valence electrons. The standard InChI is InChI=1S/C13H23NO/c1-3-4-11-7-12-5-6-13(8-11,9-12)14-10(2)15/h11-12H,3-9H2,1-2H3,(H,14,15)/t11?,12-,13+/m0/s1. The van der Waals surface area contributed by atoms with Gasteiger partial charge in [-0.3, -0.25) is 4.79 Å². The zero-order valence-electron chi connectivity index (χ0n) is 10.0. The summed E-state index contributed by atoms with van der Waals surface area (Å²) in [7, 11) is 0. The van der Waals surface area contributed by atoms with Gasteiger partial charge in [-0.25, -0.2) is 0 Å². The molecule has 0 aromatic heterocycles. The van der Waals surface area contributed by atoms with Crippen LogP contribution in [0.2, 0.25) is 0 Å². The van der Waals surface area contributed by atoms with Crippen molar-refractivity contribution in [2.24, 2.45) is 11.8 Å². The number of rotatable bonds is 3. The van der Waals surface area contributed by atoms with Crippen molar-refractivity contribution in [1.29, 1.82) is 0 Å². The van der Waals surface area contributed by atoms with Crippen molar-refractivity contribution >= 4 is 5.91 Å². The van der Waals surface area contributed by atoms with E-state index in [0.29, 0.717) is 0 Å². The first-order valence-electron chi connectivity index (χ1n) is 6.42. The molecule has 1 amide bonds. The minimum atomic E-state index is 0.160. The van der Waals surface area contributed by atoms with E-state index in [1.807, 2.05) is 0 Å². The van der Waals surface area contributed by atoms with Crippen molar-refractivity contribution in [3.8, 4) is 0 Å². The third-order valence-electron chi connectivity index (χ3n) is 4.19. The van der Waals surface area contributed by atoms with E-state index in [9.17, 15) is 4.79 Å². The number of hydrogen-bond donors (Lipinski definition) is 1. The van der Waals surface area contributed by atoms with E-state index in [1.165, 1.54) is 44.9 Å². The number of carbonyl (C=O) groups excluding carboxylic acids is 1. The summed E-state index contributed by atoms with van der Waals surface area (Å²) in [5.74, 6) is 1.91. The fourth-order valence-electron chi connectivity index (χ4n) is 3.90. The van der Waals surface area contributed by atoms with Gasteiger partial charge in [-0.1, -0.05) is 19.8 Å². The first-order valence-corrected chi connectivity index (χ1v) is 6.42.